The Morgan fingerprint density at radius 1 is 1.22 bits per heavy atom. The molecule has 1 rings (SSSR count). The van der Waals surface area contributed by atoms with E-state index < -0.39 is 0 Å². The predicted octanol–water partition coefficient (Wildman–Crippen LogP) is 3.00. The standard InChI is InChI=1S/C14H27N3S/c1-9(2)13(8-17(6)7)15-10(3)14-11(4)18-12(5)16-14/h9-10,13,15H,8H2,1-7H3. The summed E-state index contributed by atoms with van der Waals surface area (Å²) >= 11 is 1.79. The zero-order valence-electron chi connectivity index (χ0n) is 12.7. The van der Waals surface area contributed by atoms with Crippen molar-refractivity contribution in [3.8, 4) is 0 Å². The summed E-state index contributed by atoms with van der Waals surface area (Å²) in [6, 6.07) is 0.818. The zero-order chi connectivity index (χ0) is 13.9. The maximum absolute atomic E-state index is 4.64. The molecule has 0 saturated carbocycles. The van der Waals surface area contributed by atoms with Crippen molar-refractivity contribution in [3.05, 3.63) is 15.6 Å². The lowest BCUT2D eigenvalue weighted by Crippen LogP contribution is -2.43. The van der Waals surface area contributed by atoms with Gasteiger partial charge in [0.25, 0.3) is 0 Å². The molecule has 2 unspecified atom stereocenters. The van der Waals surface area contributed by atoms with Gasteiger partial charge in [-0.25, -0.2) is 4.98 Å². The van der Waals surface area contributed by atoms with Gasteiger partial charge in [0.05, 0.1) is 10.7 Å². The first kappa shape index (κ1) is 15.6. The lowest BCUT2D eigenvalue weighted by Gasteiger charge is -2.28. The van der Waals surface area contributed by atoms with Crippen LogP contribution >= 0.6 is 11.3 Å². The van der Waals surface area contributed by atoms with Crippen molar-refractivity contribution in [2.75, 3.05) is 20.6 Å². The monoisotopic (exact) mass is 269 g/mol. The number of hydrogen-bond acceptors (Lipinski definition) is 4. The topological polar surface area (TPSA) is 28.2 Å². The Labute approximate surface area is 116 Å². The van der Waals surface area contributed by atoms with Crippen LogP contribution in [0.25, 0.3) is 0 Å². The summed E-state index contributed by atoms with van der Waals surface area (Å²) < 4.78 is 0. The Balaban J connectivity index is 2.72. The molecule has 0 radical (unpaired) electrons. The fraction of sp³-hybridized carbons (Fsp3) is 0.786. The van der Waals surface area contributed by atoms with Gasteiger partial charge in [-0.3, -0.25) is 0 Å². The van der Waals surface area contributed by atoms with Gasteiger partial charge in [0, 0.05) is 23.5 Å². The second kappa shape index (κ2) is 6.64. The van der Waals surface area contributed by atoms with Crippen molar-refractivity contribution >= 4 is 11.3 Å². The van der Waals surface area contributed by atoms with Crippen LogP contribution in [0.5, 0.6) is 0 Å². The highest BCUT2D eigenvalue weighted by Gasteiger charge is 2.20. The molecule has 0 aromatic carbocycles. The molecule has 1 N–H and O–H groups in total. The minimum atomic E-state index is 0.322. The minimum absolute atomic E-state index is 0.322. The maximum atomic E-state index is 4.64. The van der Waals surface area contributed by atoms with E-state index in [2.05, 4.69) is 63.9 Å². The SMILES string of the molecule is Cc1nc(C(C)NC(CN(C)C)C(C)C)c(C)s1. The van der Waals surface area contributed by atoms with E-state index in [1.165, 1.54) is 10.6 Å². The average Bonchev–Trinajstić information content (AvgIpc) is 2.56. The third-order valence-electron chi connectivity index (χ3n) is 3.18. The molecule has 0 amide bonds. The predicted molar refractivity (Wildman–Crippen MR) is 80.3 cm³/mol. The van der Waals surface area contributed by atoms with E-state index >= 15 is 0 Å². The Bertz CT molecular complexity index is 371. The average molecular weight is 269 g/mol. The highest BCUT2D eigenvalue weighted by atomic mass is 32.1. The largest absolute Gasteiger partial charge is 0.308 e. The summed E-state index contributed by atoms with van der Waals surface area (Å²) in [6.45, 7) is 12.1. The van der Waals surface area contributed by atoms with E-state index in [-0.39, 0.29) is 0 Å². The Kier molecular flexibility index (Phi) is 5.76. The number of hydrogen-bond donors (Lipinski definition) is 1. The molecule has 104 valence electrons. The second-order valence-corrected chi connectivity index (χ2v) is 7.08. The summed E-state index contributed by atoms with van der Waals surface area (Å²) in [4.78, 5) is 8.22. The van der Waals surface area contributed by atoms with Crippen LogP contribution in [-0.4, -0.2) is 36.6 Å². The summed E-state index contributed by atoms with van der Waals surface area (Å²) in [5, 5.41) is 4.88. The summed E-state index contributed by atoms with van der Waals surface area (Å²) in [5.74, 6) is 0.620. The molecule has 4 heteroatoms. The lowest BCUT2D eigenvalue weighted by molar-refractivity contribution is 0.272. The molecule has 0 fully saturated rings. The smallest absolute Gasteiger partial charge is 0.0900 e. The van der Waals surface area contributed by atoms with Gasteiger partial charge < -0.3 is 10.2 Å². The van der Waals surface area contributed by atoms with Gasteiger partial charge >= 0.3 is 0 Å². The number of aryl methyl sites for hydroxylation is 2. The molecule has 0 bridgehead atoms. The van der Waals surface area contributed by atoms with Gasteiger partial charge in [-0.05, 0) is 40.8 Å². The van der Waals surface area contributed by atoms with Crippen LogP contribution in [0, 0.1) is 19.8 Å². The van der Waals surface area contributed by atoms with Gasteiger partial charge in [0.1, 0.15) is 0 Å². The van der Waals surface area contributed by atoms with E-state index in [0.29, 0.717) is 18.0 Å². The van der Waals surface area contributed by atoms with E-state index in [9.17, 15) is 0 Å². The number of likely N-dealkylation sites (N-methyl/N-ethyl adjacent to an activating group) is 1. The summed E-state index contributed by atoms with van der Waals surface area (Å²) in [6.07, 6.45) is 0. The lowest BCUT2D eigenvalue weighted by atomic mass is 10.0. The van der Waals surface area contributed by atoms with E-state index in [1.807, 2.05) is 0 Å². The maximum Gasteiger partial charge on any atom is 0.0900 e. The first-order valence-electron chi connectivity index (χ1n) is 6.66. The number of nitrogens with one attached hydrogen (secondary N) is 1. The number of rotatable bonds is 6. The molecule has 0 saturated heterocycles. The fourth-order valence-corrected chi connectivity index (χ4v) is 3.11. The van der Waals surface area contributed by atoms with Crippen LogP contribution in [0.1, 0.15) is 42.4 Å². The molecule has 2 atom stereocenters. The number of thiazole rings is 1. The van der Waals surface area contributed by atoms with E-state index in [0.717, 1.165) is 11.6 Å². The van der Waals surface area contributed by atoms with Crippen molar-refractivity contribution in [1.82, 2.24) is 15.2 Å². The molecule has 1 aromatic rings. The van der Waals surface area contributed by atoms with Crippen LogP contribution in [0.2, 0.25) is 0 Å². The van der Waals surface area contributed by atoms with Crippen LogP contribution < -0.4 is 5.32 Å². The molecule has 1 heterocycles. The van der Waals surface area contributed by atoms with Crippen LogP contribution in [0.4, 0.5) is 0 Å². The van der Waals surface area contributed by atoms with Gasteiger partial charge in [0.15, 0.2) is 0 Å². The Hall–Kier alpha value is -0.450. The van der Waals surface area contributed by atoms with Crippen molar-refractivity contribution in [2.24, 2.45) is 5.92 Å². The van der Waals surface area contributed by atoms with Crippen molar-refractivity contribution in [3.63, 3.8) is 0 Å². The number of nitrogens with zero attached hydrogens (tertiary/aromatic N) is 2. The third kappa shape index (κ3) is 4.34. The Morgan fingerprint density at radius 3 is 2.22 bits per heavy atom. The fourth-order valence-electron chi connectivity index (χ4n) is 2.20. The molecule has 18 heavy (non-hydrogen) atoms. The van der Waals surface area contributed by atoms with Gasteiger partial charge in [-0.1, -0.05) is 13.8 Å². The number of aromatic nitrogens is 1. The molecule has 0 aliphatic heterocycles. The van der Waals surface area contributed by atoms with Crippen molar-refractivity contribution < 1.29 is 0 Å². The highest BCUT2D eigenvalue weighted by Crippen LogP contribution is 2.23. The molecular formula is C14H27N3S. The molecular weight excluding hydrogens is 242 g/mol. The molecule has 0 aliphatic carbocycles. The summed E-state index contributed by atoms with van der Waals surface area (Å²) in [7, 11) is 4.25. The van der Waals surface area contributed by atoms with Crippen molar-refractivity contribution in [1.29, 1.82) is 0 Å². The normalized spacial score (nSPS) is 15.4. The Morgan fingerprint density at radius 2 is 1.83 bits per heavy atom. The minimum Gasteiger partial charge on any atom is -0.308 e. The van der Waals surface area contributed by atoms with E-state index in [4.69, 9.17) is 0 Å². The van der Waals surface area contributed by atoms with Gasteiger partial charge in [0.2, 0.25) is 0 Å². The van der Waals surface area contributed by atoms with Crippen molar-refractivity contribution in [2.45, 2.75) is 46.7 Å². The molecule has 3 nitrogen and oxygen atoms in total. The highest BCUT2D eigenvalue weighted by molar-refractivity contribution is 7.11. The van der Waals surface area contributed by atoms with Crippen LogP contribution in [0.3, 0.4) is 0 Å². The second-order valence-electron chi connectivity index (χ2n) is 5.68. The van der Waals surface area contributed by atoms with Crippen LogP contribution in [-0.2, 0) is 0 Å². The van der Waals surface area contributed by atoms with Gasteiger partial charge in [-0.15, -0.1) is 11.3 Å². The quantitative estimate of drug-likeness (QED) is 0.860. The van der Waals surface area contributed by atoms with Crippen LogP contribution in [0.15, 0.2) is 0 Å². The zero-order valence-corrected chi connectivity index (χ0v) is 13.6. The molecule has 0 aliphatic rings. The third-order valence-corrected chi connectivity index (χ3v) is 4.08. The van der Waals surface area contributed by atoms with Gasteiger partial charge in [-0.2, -0.15) is 0 Å². The summed E-state index contributed by atoms with van der Waals surface area (Å²) in [5.41, 5.74) is 1.21. The molecule has 0 spiro atoms. The van der Waals surface area contributed by atoms with E-state index in [1.54, 1.807) is 11.3 Å². The first-order chi connectivity index (χ1) is 8.31. The first-order valence-corrected chi connectivity index (χ1v) is 7.47. The molecule has 1 aromatic heterocycles.